The minimum Gasteiger partial charge on any atom is -0.308 e. The Hall–Kier alpha value is -1.04. The monoisotopic (exact) mass is 202 g/mol. The molecule has 1 heterocycles. The van der Waals surface area contributed by atoms with Crippen molar-refractivity contribution in [2.75, 3.05) is 0 Å². The van der Waals surface area contributed by atoms with Crippen molar-refractivity contribution in [1.29, 1.82) is 0 Å². The van der Waals surface area contributed by atoms with E-state index in [0.29, 0.717) is 6.54 Å². The van der Waals surface area contributed by atoms with E-state index in [1.54, 1.807) is 17.9 Å². The van der Waals surface area contributed by atoms with Crippen LogP contribution in [0.1, 0.15) is 18.5 Å². The van der Waals surface area contributed by atoms with Gasteiger partial charge in [0.1, 0.15) is 0 Å². The average Bonchev–Trinajstić information content (AvgIpc) is 2.44. The third-order valence-corrected chi connectivity index (χ3v) is 2.47. The van der Waals surface area contributed by atoms with Crippen molar-refractivity contribution in [2.24, 2.45) is 7.05 Å². The molecule has 0 atom stereocenters. The molecule has 14 heavy (non-hydrogen) atoms. The highest BCUT2D eigenvalue weighted by Gasteiger charge is 2.44. The molecule has 1 fully saturated rings. The Morgan fingerprint density at radius 1 is 1.64 bits per heavy atom. The van der Waals surface area contributed by atoms with Crippen LogP contribution < -0.4 is 5.32 Å². The normalized spacial score (nSPS) is 20.8. The summed E-state index contributed by atoms with van der Waals surface area (Å²) in [4.78, 5) is 0. The van der Waals surface area contributed by atoms with Gasteiger partial charge < -0.3 is 5.32 Å². The van der Waals surface area contributed by atoms with Crippen LogP contribution in [0, 0.1) is 0 Å². The van der Waals surface area contributed by atoms with E-state index in [1.165, 1.54) is 0 Å². The Morgan fingerprint density at radius 3 is 2.86 bits per heavy atom. The number of aromatic nitrogens is 3. The molecule has 0 saturated heterocycles. The molecule has 0 aromatic carbocycles. The third-order valence-electron chi connectivity index (χ3n) is 2.47. The number of nitrogens with zero attached hydrogens (tertiary/aromatic N) is 3. The van der Waals surface area contributed by atoms with Crippen molar-refractivity contribution in [1.82, 2.24) is 20.3 Å². The van der Waals surface area contributed by atoms with Gasteiger partial charge in [-0.15, -0.1) is 5.10 Å². The van der Waals surface area contributed by atoms with E-state index in [0.717, 1.165) is 5.69 Å². The van der Waals surface area contributed by atoms with Gasteiger partial charge in [0.05, 0.1) is 11.9 Å². The van der Waals surface area contributed by atoms with Crippen LogP contribution in [0.4, 0.5) is 8.78 Å². The van der Waals surface area contributed by atoms with Crippen molar-refractivity contribution >= 4 is 0 Å². The zero-order chi connectivity index (χ0) is 10.2. The molecule has 0 unspecified atom stereocenters. The van der Waals surface area contributed by atoms with Gasteiger partial charge in [-0.25, -0.2) is 8.78 Å². The zero-order valence-corrected chi connectivity index (χ0v) is 7.87. The number of alkyl halides is 2. The van der Waals surface area contributed by atoms with Crippen LogP contribution in [-0.2, 0) is 13.6 Å². The van der Waals surface area contributed by atoms with E-state index in [9.17, 15) is 8.78 Å². The first-order valence-electron chi connectivity index (χ1n) is 4.52. The predicted octanol–water partition coefficient (Wildman–Crippen LogP) is 0.702. The van der Waals surface area contributed by atoms with E-state index < -0.39 is 5.92 Å². The molecule has 0 radical (unpaired) electrons. The van der Waals surface area contributed by atoms with Crippen LogP contribution in [0.15, 0.2) is 6.20 Å². The van der Waals surface area contributed by atoms with Crippen molar-refractivity contribution in [2.45, 2.75) is 31.4 Å². The molecule has 0 spiro atoms. The molecule has 78 valence electrons. The summed E-state index contributed by atoms with van der Waals surface area (Å²) in [5.41, 5.74) is 0.903. The quantitative estimate of drug-likeness (QED) is 0.784. The molecule has 2 rings (SSSR count). The van der Waals surface area contributed by atoms with E-state index in [-0.39, 0.29) is 18.9 Å². The number of halogens is 2. The summed E-state index contributed by atoms with van der Waals surface area (Å²) in [5, 5.41) is 10.5. The van der Waals surface area contributed by atoms with Gasteiger partial charge in [-0.1, -0.05) is 5.21 Å². The second kappa shape index (κ2) is 3.27. The van der Waals surface area contributed by atoms with Gasteiger partial charge in [0, 0.05) is 32.5 Å². The van der Waals surface area contributed by atoms with Gasteiger partial charge in [-0.3, -0.25) is 4.68 Å². The summed E-state index contributed by atoms with van der Waals surface area (Å²) in [5.74, 6) is -2.46. The Balaban J connectivity index is 1.77. The molecule has 1 N–H and O–H groups in total. The molecular weight excluding hydrogens is 190 g/mol. The summed E-state index contributed by atoms with van der Waals surface area (Å²) >= 11 is 0. The maximum absolute atomic E-state index is 12.5. The van der Waals surface area contributed by atoms with Gasteiger partial charge in [0.2, 0.25) is 0 Å². The van der Waals surface area contributed by atoms with Crippen LogP contribution in [-0.4, -0.2) is 27.0 Å². The second-order valence-electron chi connectivity index (χ2n) is 3.69. The Kier molecular flexibility index (Phi) is 2.22. The lowest BCUT2D eigenvalue weighted by atomic mass is 9.88. The lowest BCUT2D eigenvalue weighted by molar-refractivity contribution is -0.0931. The third kappa shape index (κ3) is 1.89. The molecule has 1 aliphatic rings. The first-order valence-corrected chi connectivity index (χ1v) is 4.52. The predicted molar refractivity (Wildman–Crippen MR) is 45.8 cm³/mol. The lowest BCUT2D eigenvalue weighted by Crippen LogP contribution is -2.48. The smallest absolute Gasteiger partial charge is 0.251 e. The fourth-order valence-corrected chi connectivity index (χ4v) is 1.53. The van der Waals surface area contributed by atoms with Crippen LogP contribution >= 0.6 is 0 Å². The van der Waals surface area contributed by atoms with Crippen LogP contribution in [0.3, 0.4) is 0 Å². The molecule has 1 saturated carbocycles. The fourth-order valence-electron chi connectivity index (χ4n) is 1.53. The largest absolute Gasteiger partial charge is 0.308 e. The Bertz CT molecular complexity index is 315. The standard InChI is InChI=1S/C8H12F2N4/c1-14-7(5-12-13-14)4-11-6-2-8(9,10)3-6/h5-6,11H,2-4H2,1H3. The van der Waals surface area contributed by atoms with Gasteiger partial charge in [0.25, 0.3) is 5.92 Å². The zero-order valence-electron chi connectivity index (χ0n) is 7.87. The highest BCUT2D eigenvalue weighted by Crippen LogP contribution is 2.37. The van der Waals surface area contributed by atoms with Crippen molar-refractivity contribution in [3.63, 3.8) is 0 Å². The fraction of sp³-hybridized carbons (Fsp3) is 0.750. The van der Waals surface area contributed by atoms with E-state index in [4.69, 9.17) is 0 Å². The average molecular weight is 202 g/mol. The van der Waals surface area contributed by atoms with Gasteiger partial charge in [0.15, 0.2) is 0 Å². The highest BCUT2D eigenvalue weighted by molar-refractivity contribution is 4.96. The maximum Gasteiger partial charge on any atom is 0.251 e. The summed E-state index contributed by atoms with van der Waals surface area (Å²) in [6.07, 6.45) is 1.51. The molecule has 1 aromatic rings. The summed E-state index contributed by atoms with van der Waals surface area (Å²) in [6.45, 7) is 0.546. The van der Waals surface area contributed by atoms with Gasteiger partial charge in [-0.2, -0.15) is 0 Å². The van der Waals surface area contributed by atoms with Crippen LogP contribution in [0.5, 0.6) is 0 Å². The SMILES string of the molecule is Cn1nncc1CNC1CC(F)(F)C1. The summed E-state index contributed by atoms with van der Waals surface area (Å²) in [6, 6.07) is -0.0695. The van der Waals surface area contributed by atoms with E-state index >= 15 is 0 Å². The molecule has 1 aromatic heterocycles. The Labute approximate surface area is 80.3 Å². The molecule has 0 bridgehead atoms. The number of hydrogen-bond acceptors (Lipinski definition) is 3. The number of hydrogen-bond donors (Lipinski definition) is 1. The minimum absolute atomic E-state index is 0.0573. The second-order valence-corrected chi connectivity index (χ2v) is 3.69. The molecule has 1 aliphatic carbocycles. The molecule has 6 heteroatoms. The topological polar surface area (TPSA) is 42.7 Å². The molecule has 0 amide bonds. The summed E-state index contributed by atoms with van der Waals surface area (Å²) in [7, 11) is 1.78. The Morgan fingerprint density at radius 2 is 2.36 bits per heavy atom. The van der Waals surface area contributed by atoms with Crippen molar-refractivity contribution in [3.8, 4) is 0 Å². The van der Waals surface area contributed by atoms with Gasteiger partial charge in [-0.05, 0) is 0 Å². The maximum atomic E-state index is 12.5. The van der Waals surface area contributed by atoms with Crippen molar-refractivity contribution in [3.05, 3.63) is 11.9 Å². The van der Waals surface area contributed by atoms with E-state index in [2.05, 4.69) is 15.6 Å². The number of nitrogens with one attached hydrogen (secondary N) is 1. The van der Waals surface area contributed by atoms with E-state index in [1.807, 2.05) is 0 Å². The molecule has 4 nitrogen and oxygen atoms in total. The number of rotatable bonds is 3. The highest BCUT2D eigenvalue weighted by atomic mass is 19.3. The van der Waals surface area contributed by atoms with Crippen LogP contribution in [0.25, 0.3) is 0 Å². The van der Waals surface area contributed by atoms with Crippen LogP contribution in [0.2, 0.25) is 0 Å². The summed E-state index contributed by atoms with van der Waals surface area (Å²) < 4.78 is 26.6. The molecular formula is C8H12F2N4. The first-order chi connectivity index (χ1) is 6.57. The molecule has 0 aliphatic heterocycles. The minimum atomic E-state index is -2.46. The first kappa shape index (κ1) is 9.51. The van der Waals surface area contributed by atoms with Crippen molar-refractivity contribution < 1.29 is 8.78 Å². The lowest BCUT2D eigenvalue weighted by Gasteiger charge is -2.35. The van der Waals surface area contributed by atoms with Gasteiger partial charge >= 0.3 is 0 Å². The number of aryl methyl sites for hydroxylation is 1.